The summed E-state index contributed by atoms with van der Waals surface area (Å²) >= 11 is 0. The van der Waals surface area contributed by atoms with Crippen LogP contribution in [-0.4, -0.2) is 10.9 Å². The summed E-state index contributed by atoms with van der Waals surface area (Å²) in [4.78, 5) is 17.6. The first-order valence-corrected chi connectivity index (χ1v) is 10.8. The smallest absolute Gasteiger partial charge is 0.252 e. The molecule has 1 atom stereocenters. The third-order valence-corrected chi connectivity index (χ3v) is 6.20. The van der Waals surface area contributed by atoms with E-state index in [0.29, 0.717) is 5.56 Å². The average molecular weight is 416 g/mol. The predicted molar refractivity (Wildman–Crippen MR) is 117 cm³/mol. The van der Waals surface area contributed by atoms with Crippen LogP contribution in [0.1, 0.15) is 64.7 Å². The number of hydrogen-bond donors (Lipinski definition) is 1. The van der Waals surface area contributed by atoms with Gasteiger partial charge < -0.3 is 10.1 Å². The maximum absolute atomic E-state index is 13.2. The first-order valence-electron chi connectivity index (χ1n) is 10.8. The van der Waals surface area contributed by atoms with Crippen LogP contribution in [-0.2, 0) is 12.0 Å². The standard InChI is InChI=1S/C26H25FN2O2/c1-17-4-2-5-20(16-17)31-23-7-3-6-22-21(23)12-13-24(28-22)26(14-15-26)29-25(30)18-8-10-19(27)11-9-18/h2,4-5,8-13,16,23H,3,6-7,14-15H2,1H3,(H,29,30)/t23-/m1/s1. The summed E-state index contributed by atoms with van der Waals surface area (Å²) < 4.78 is 19.5. The molecule has 0 radical (unpaired) electrons. The van der Waals surface area contributed by atoms with Crippen molar-refractivity contribution in [3.63, 3.8) is 0 Å². The Morgan fingerprint density at radius 2 is 1.94 bits per heavy atom. The van der Waals surface area contributed by atoms with Crippen LogP contribution >= 0.6 is 0 Å². The Labute approximate surface area is 181 Å². The zero-order chi connectivity index (χ0) is 21.4. The third-order valence-electron chi connectivity index (χ3n) is 6.20. The van der Waals surface area contributed by atoms with E-state index in [2.05, 4.69) is 30.4 Å². The largest absolute Gasteiger partial charge is 0.486 e. The number of rotatable bonds is 5. The molecule has 31 heavy (non-hydrogen) atoms. The van der Waals surface area contributed by atoms with E-state index >= 15 is 0 Å². The summed E-state index contributed by atoms with van der Waals surface area (Å²) in [5.74, 6) is 0.335. The van der Waals surface area contributed by atoms with Crippen molar-refractivity contribution in [3.8, 4) is 5.75 Å². The van der Waals surface area contributed by atoms with Crippen LogP contribution in [0.4, 0.5) is 4.39 Å². The Bertz CT molecular complexity index is 1120. The van der Waals surface area contributed by atoms with Crippen molar-refractivity contribution in [2.45, 2.75) is 50.7 Å². The second-order valence-electron chi connectivity index (χ2n) is 8.59. The molecule has 158 valence electrons. The molecule has 1 aromatic heterocycles. The lowest BCUT2D eigenvalue weighted by Crippen LogP contribution is -2.36. The van der Waals surface area contributed by atoms with E-state index < -0.39 is 5.54 Å². The molecule has 1 N–H and O–H groups in total. The molecule has 0 bridgehead atoms. The van der Waals surface area contributed by atoms with Crippen LogP contribution in [0.5, 0.6) is 5.75 Å². The SMILES string of the molecule is Cc1cccc(O[C@@H]2CCCc3nc(C4(NC(=O)c5ccc(F)cc5)CC4)ccc32)c1. The zero-order valence-corrected chi connectivity index (χ0v) is 17.5. The molecule has 1 fully saturated rings. The maximum Gasteiger partial charge on any atom is 0.252 e. The van der Waals surface area contributed by atoms with Gasteiger partial charge in [-0.05, 0) is 87.1 Å². The Hall–Kier alpha value is -3.21. The number of pyridine rings is 1. The quantitative estimate of drug-likeness (QED) is 0.605. The fraction of sp³-hybridized carbons (Fsp3) is 0.308. The lowest BCUT2D eigenvalue weighted by atomic mass is 9.92. The lowest BCUT2D eigenvalue weighted by molar-refractivity contribution is 0.0929. The van der Waals surface area contributed by atoms with Gasteiger partial charge in [-0.3, -0.25) is 9.78 Å². The number of carbonyl (C=O) groups excluding carboxylic acids is 1. The van der Waals surface area contributed by atoms with Gasteiger partial charge >= 0.3 is 0 Å². The van der Waals surface area contributed by atoms with Gasteiger partial charge in [0.15, 0.2) is 0 Å². The summed E-state index contributed by atoms with van der Waals surface area (Å²) in [6.07, 6.45) is 4.61. The molecule has 5 heteroatoms. The number of carbonyl (C=O) groups is 1. The molecule has 0 saturated heterocycles. The molecule has 1 saturated carbocycles. The fourth-order valence-electron chi connectivity index (χ4n) is 4.32. The highest BCUT2D eigenvalue weighted by molar-refractivity contribution is 5.95. The number of benzene rings is 2. The van der Waals surface area contributed by atoms with Gasteiger partial charge in [-0.2, -0.15) is 0 Å². The number of nitrogens with one attached hydrogen (secondary N) is 1. The van der Waals surface area contributed by atoms with E-state index in [1.165, 1.54) is 29.8 Å². The highest BCUT2D eigenvalue weighted by Gasteiger charge is 2.47. The minimum absolute atomic E-state index is 0.00365. The van der Waals surface area contributed by atoms with E-state index in [9.17, 15) is 9.18 Å². The molecule has 2 aliphatic rings. The summed E-state index contributed by atoms with van der Waals surface area (Å²) in [5, 5.41) is 3.13. The zero-order valence-electron chi connectivity index (χ0n) is 17.5. The molecule has 5 rings (SSSR count). The fourth-order valence-corrected chi connectivity index (χ4v) is 4.32. The minimum Gasteiger partial charge on any atom is -0.486 e. The number of halogens is 1. The van der Waals surface area contributed by atoms with Crippen molar-refractivity contribution in [3.05, 3.63) is 94.6 Å². The van der Waals surface area contributed by atoms with Crippen LogP contribution < -0.4 is 10.1 Å². The third kappa shape index (κ3) is 4.05. The van der Waals surface area contributed by atoms with Gasteiger partial charge in [-0.1, -0.05) is 18.2 Å². The molecule has 1 heterocycles. The van der Waals surface area contributed by atoms with Crippen molar-refractivity contribution >= 4 is 5.91 Å². The lowest BCUT2D eigenvalue weighted by Gasteiger charge is -2.27. The minimum atomic E-state index is -0.426. The van der Waals surface area contributed by atoms with Crippen LogP contribution in [0.15, 0.2) is 60.7 Å². The Kier molecular flexibility index (Phi) is 4.97. The first-order chi connectivity index (χ1) is 15.0. The van der Waals surface area contributed by atoms with E-state index in [-0.39, 0.29) is 17.8 Å². The molecule has 2 aliphatic carbocycles. The normalized spacial score (nSPS) is 18.7. The summed E-state index contributed by atoms with van der Waals surface area (Å²) in [7, 11) is 0. The number of aromatic nitrogens is 1. The highest BCUT2D eigenvalue weighted by Crippen LogP contribution is 2.46. The molecule has 0 spiro atoms. The van der Waals surface area contributed by atoms with Crippen LogP contribution in [0.25, 0.3) is 0 Å². The Morgan fingerprint density at radius 3 is 2.68 bits per heavy atom. The van der Waals surface area contributed by atoms with Crippen LogP contribution in [0.2, 0.25) is 0 Å². The van der Waals surface area contributed by atoms with E-state index in [1.807, 2.05) is 18.2 Å². The second-order valence-corrected chi connectivity index (χ2v) is 8.59. The van der Waals surface area contributed by atoms with Crippen LogP contribution in [0.3, 0.4) is 0 Å². The highest BCUT2D eigenvalue weighted by atomic mass is 19.1. The number of hydrogen-bond acceptors (Lipinski definition) is 3. The Balaban J connectivity index is 1.36. The van der Waals surface area contributed by atoms with Crippen LogP contribution in [0, 0.1) is 12.7 Å². The molecule has 0 aliphatic heterocycles. The van der Waals surface area contributed by atoms with E-state index in [1.54, 1.807) is 0 Å². The van der Waals surface area contributed by atoms with Crippen molar-refractivity contribution < 1.29 is 13.9 Å². The van der Waals surface area contributed by atoms with E-state index in [4.69, 9.17) is 9.72 Å². The molecule has 2 aromatic carbocycles. The van der Waals surface area contributed by atoms with Gasteiger partial charge in [0, 0.05) is 16.8 Å². The number of fused-ring (bicyclic) bond motifs is 1. The molecular formula is C26H25FN2O2. The number of ether oxygens (including phenoxy) is 1. The maximum atomic E-state index is 13.2. The number of nitrogens with zero attached hydrogens (tertiary/aromatic N) is 1. The number of aryl methyl sites for hydroxylation is 2. The monoisotopic (exact) mass is 416 g/mol. The van der Waals surface area contributed by atoms with Gasteiger partial charge in [0.25, 0.3) is 5.91 Å². The molecule has 4 nitrogen and oxygen atoms in total. The first kappa shape index (κ1) is 19.7. The molecule has 1 amide bonds. The van der Waals surface area contributed by atoms with Gasteiger partial charge in [-0.25, -0.2) is 4.39 Å². The van der Waals surface area contributed by atoms with Gasteiger partial charge in [-0.15, -0.1) is 0 Å². The van der Waals surface area contributed by atoms with Gasteiger partial charge in [0.2, 0.25) is 0 Å². The van der Waals surface area contributed by atoms with Gasteiger partial charge in [0.05, 0.1) is 11.2 Å². The summed E-state index contributed by atoms with van der Waals surface area (Å²) in [5.41, 5.74) is 4.30. The predicted octanol–water partition coefficient (Wildman–Crippen LogP) is 5.40. The summed E-state index contributed by atoms with van der Waals surface area (Å²) in [6.45, 7) is 2.06. The molecule has 3 aromatic rings. The number of amides is 1. The van der Waals surface area contributed by atoms with Gasteiger partial charge in [0.1, 0.15) is 17.7 Å². The second kappa shape index (κ2) is 7.80. The van der Waals surface area contributed by atoms with Crippen molar-refractivity contribution in [2.75, 3.05) is 0 Å². The summed E-state index contributed by atoms with van der Waals surface area (Å²) in [6, 6.07) is 17.9. The van der Waals surface area contributed by atoms with Crippen molar-refractivity contribution in [1.29, 1.82) is 0 Å². The van der Waals surface area contributed by atoms with Crippen molar-refractivity contribution in [2.24, 2.45) is 0 Å². The average Bonchev–Trinajstić information content (AvgIpc) is 3.55. The van der Waals surface area contributed by atoms with E-state index in [0.717, 1.165) is 54.8 Å². The molecule has 0 unspecified atom stereocenters. The topological polar surface area (TPSA) is 51.2 Å². The molecular weight excluding hydrogens is 391 g/mol. The Morgan fingerprint density at radius 1 is 1.13 bits per heavy atom. The van der Waals surface area contributed by atoms with Crippen molar-refractivity contribution in [1.82, 2.24) is 10.3 Å².